The van der Waals surface area contributed by atoms with Crippen molar-refractivity contribution in [3.8, 4) is 0 Å². The molecule has 128 valence electrons. The lowest BCUT2D eigenvalue weighted by molar-refractivity contribution is -0.136. The lowest BCUT2D eigenvalue weighted by atomic mass is 9.88. The molecular weight excluding hydrogens is 302 g/mol. The van der Waals surface area contributed by atoms with Crippen LogP contribution >= 0.6 is 0 Å². The maximum Gasteiger partial charge on any atom is 0.224 e. The summed E-state index contributed by atoms with van der Waals surface area (Å²) in [4.78, 5) is 19.2. The maximum absolute atomic E-state index is 12.6. The van der Waals surface area contributed by atoms with Crippen molar-refractivity contribution in [3.05, 3.63) is 30.1 Å². The Hall–Kier alpha value is -1.88. The Morgan fingerprint density at radius 3 is 2.79 bits per heavy atom. The van der Waals surface area contributed by atoms with E-state index in [9.17, 15) is 4.79 Å². The van der Waals surface area contributed by atoms with E-state index >= 15 is 0 Å². The van der Waals surface area contributed by atoms with Crippen molar-refractivity contribution in [2.45, 2.75) is 51.2 Å². The van der Waals surface area contributed by atoms with Crippen LogP contribution in [-0.4, -0.2) is 45.7 Å². The van der Waals surface area contributed by atoms with Crippen LogP contribution in [0.2, 0.25) is 0 Å². The summed E-state index contributed by atoms with van der Waals surface area (Å²) in [7, 11) is 0. The van der Waals surface area contributed by atoms with E-state index < -0.39 is 0 Å². The maximum atomic E-state index is 12.6. The quantitative estimate of drug-likeness (QED) is 0.871. The fourth-order valence-electron chi connectivity index (χ4n) is 4.16. The summed E-state index contributed by atoms with van der Waals surface area (Å²) in [6.45, 7) is 5.27. The van der Waals surface area contributed by atoms with E-state index in [2.05, 4.69) is 15.6 Å². The Morgan fingerprint density at radius 1 is 1.25 bits per heavy atom. The minimum atomic E-state index is 0.0773. The first kappa shape index (κ1) is 15.6. The smallest absolute Gasteiger partial charge is 0.224 e. The Kier molecular flexibility index (Phi) is 4.04. The fraction of sp³-hybridized carbons (Fsp3) is 0.579. The molecule has 2 saturated heterocycles. The molecule has 0 bridgehead atoms. The van der Waals surface area contributed by atoms with Gasteiger partial charge in [-0.1, -0.05) is 12.1 Å². The third-order valence-corrected chi connectivity index (χ3v) is 5.61. The number of carbonyl (C=O) groups is 1. The van der Waals surface area contributed by atoms with Crippen LogP contribution in [0, 0.1) is 6.92 Å². The Labute approximate surface area is 142 Å². The Balaban J connectivity index is 1.37. The summed E-state index contributed by atoms with van der Waals surface area (Å²) in [6.07, 6.45) is 4.85. The van der Waals surface area contributed by atoms with E-state index in [4.69, 9.17) is 4.74 Å². The predicted molar refractivity (Wildman–Crippen MR) is 92.8 cm³/mol. The predicted octanol–water partition coefficient (Wildman–Crippen LogP) is 2.91. The molecule has 0 radical (unpaired) electrons. The van der Waals surface area contributed by atoms with Crippen LogP contribution in [0.25, 0.3) is 11.0 Å². The molecule has 2 aromatic rings. The van der Waals surface area contributed by atoms with E-state index in [0.29, 0.717) is 13.0 Å². The second-order valence-corrected chi connectivity index (χ2v) is 7.07. The first-order valence-corrected chi connectivity index (χ1v) is 9.01. The Bertz CT molecular complexity index is 736. The van der Waals surface area contributed by atoms with Gasteiger partial charge in [-0.25, -0.2) is 4.98 Å². The van der Waals surface area contributed by atoms with Crippen LogP contribution in [-0.2, 0) is 16.1 Å². The number of hydrogen-bond donors (Lipinski definition) is 0. The summed E-state index contributed by atoms with van der Waals surface area (Å²) in [5, 5.41) is 0. The second kappa shape index (κ2) is 6.20. The summed E-state index contributed by atoms with van der Waals surface area (Å²) in [6, 6.07) is 8.11. The van der Waals surface area contributed by atoms with Crippen LogP contribution in [0.1, 0.15) is 37.9 Å². The molecule has 0 aliphatic carbocycles. The van der Waals surface area contributed by atoms with Crippen LogP contribution in [0.4, 0.5) is 0 Å². The van der Waals surface area contributed by atoms with Gasteiger partial charge in [-0.15, -0.1) is 0 Å². The van der Waals surface area contributed by atoms with Crippen molar-refractivity contribution in [2.24, 2.45) is 0 Å². The van der Waals surface area contributed by atoms with Crippen molar-refractivity contribution < 1.29 is 9.53 Å². The number of nitrogens with zero attached hydrogens (tertiary/aromatic N) is 3. The number of benzene rings is 1. The van der Waals surface area contributed by atoms with Crippen molar-refractivity contribution in [3.63, 3.8) is 0 Å². The van der Waals surface area contributed by atoms with Crippen molar-refractivity contribution in [1.29, 1.82) is 0 Å². The van der Waals surface area contributed by atoms with E-state index in [-0.39, 0.29) is 11.5 Å². The van der Waals surface area contributed by atoms with Gasteiger partial charge < -0.3 is 14.2 Å². The van der Waals surface area contributed by atoms with Crippen molar-refractivity contribution in [2.75, 3.05) is 19.7 Å². The zero-order valence-corrected chi connectivity index (χ0v) is 14.3. The van der Waals surface area contributed by atoms with Gasteiger partial charge in [-0.2, -0.15) is 0 Å². The molecule has 0 unspecified atom stereocenters. The molecule has 2 fully saturated rings. The SMILES string of the molecule is Cc1nc2ccccc2n1CCC(=O)N1CCC2(CCCO2)CC1. The Morgan fingerprint density at radius 2 is 2.04 bits per heavy atom. The molecule has 1 aromatic carbocycles. The number of imidazole rings is 1. The zero-order valence-electron chi connectivity index (χ0n) is 14.3. The van der Waals surface area contributed by atoms with E-state index in [1.807, 2.05) is 30.0 Å². The average Bonchev–Trinajstić information content (AvgIpc) is 3.17. The minimum Gasteiger partial charge on any atom is -0.375 e. The lowest BCUT2D eigenvalue weighted by Crippen LogP contribution is -2.46. The highest BCUT2D eigenvalue weighted by molar-refractivity contribution is 5.78. The number of para-hydroxylation sites is 2. The van der Waals surface area contributed by atoms with Gasteiger partial charge in [0.2, 0.25) is 5.91 Å². The molecule has 24 heavy (non-hydrogen) atoms. The number of ether oxygens (including phenoxy) is 1. The summed E-state index contributed by atoms with van der Waals surface area (Å²) in [5.41, 5.74) is 2.19. The molecule has 1 aromatic heterocycles. The van der Waals surface area contributed by atoms with E-state index in [1.165, 1.54) is 6.42 Å². The highest BCUT2D eigenvalue weighted by atomic mass is 16.5. The van der Waals surface area contributed by atoms with Crippen LogP contribution in [0.15, 0.2) is 24.3 Å². The highest BCUT2D eigenvalue weighted by Crippen LogP contribution is 2.35. The van der Waals surface area contributed by atoms with Gasteiger partial charge in [0.05, 0.1) is 16.6 Å². The van der Waals surface area contributed by atoms with Gasteiger partial charge >= 0.3 is 0 Å². The van der Waals surface area contributed by atoms with Crippen LogP contribution < -0.4 is 0 Å². The molecule has 1 amide bonds. The summed E-state index contributed by atoms with van der Waals surface area (Å²) in [5.74, 6) is 1.22. The fourth-order valence-corrected chi connectivity index (χ4v) is 4.16. The minimum absolute atomic E-state index is 0.0773. The molecule has 0 atom stereocenters. The van der Waals surface area contributed by atoms with E-state index in [1.54, 1.807) is 0 Å². The topological polar surface area (TPSA) is 47.4 Å². The number of carbonyl (C=O) groups excluding carboxylic acids is 1. The molecule has 5 nitrogen and oxygen atoms in total. The third kappa shape index (κ3) is 2.81. The second-order valence-electron chi connectivity index (χ2n) is 7.07. The number of aryl methyl sites for hydroxylation is 2. The number of amides is 1. The van der Waals surface area contributed by atoms with E-state index in [0.717, 1.165) is 55.8 Å². The molecule has 0 N–H and O–H groups in total. The molecular formula is C19H25N3O2. The van der Waals surface area contributed by atoms with Crippen molar-refractivity contribution in [1.82, 2.24) is 14.5 Å². The first-order chi connectivity index (χ1) is 11.7. The van der Waals surface area contributed by atoms with Gasteiger partial charge in [0, 0.05) is 32.7 Å². The average molecular weight is 327 g/mol. The zero-order chi connectivity index (χ0) is 16.6. The monoisotopic (exact) mass is 327 g/mol. The molecule has 4 rings (SSSR count). The largest absolute Gasteiger partial charge is 0.375 e. The van der Waals surface area contributed by atoms with Gasteiger partial charge in [-0.3, -0.25) is 4.79 Å². The molecule has 5 heteroatoms. The standard InChI is InChI=1S/C19H25N3O2/c1-15-20-16-5-2-3-6-17(16)22(15)11-7-18(23)21-12-9-19(10-13-21)8-4-14-24-19/h2-3,5-6H,4,7-14H2,1H3. The van der Waals surface area contributed by atoms with Gasteiger partial charge in [0.15, 0.2) is 0 Å². The molecule has 1 spiro atoms. The van der Waals surface area contributed by atoms with Crippen LogP contribution in [0.5, 0.6) is 0 Å². The normalized spacial score (nSPS) is 20.1. The lowest BCUT2D eigenvalue weighted by Gasteiger charge is -2.38. The van der Waals surface area contributed by atoms with Gasteiger partial charge in [-0.05, 0) is 44.7 Å². The molecule has 2 aliphatic rings. The number of hydrogen-bond acceptors (Lipinski definition) is 3. The number of rotatable bonds is 3. The third-order valence-electron chi connectivity index (χ3n) is 5.61. The molecule has 3 heterocycles. The van der Waals surface area contributed by atoms with Crippen LogP contribution in [0.3, 0.4) is 0 Å². The number of aromatic nitrogens is 2. The van der Waals surface area contributed by atoms with Gasteiger partial charge in [0.25, 0.3) is 0 Å². The highest BCUT2D eigenvalue weighted by Gasteiger charge is 2.39. The molecule has 0 saturated carbocycles. The summed E-state index contributed by atoms with van der Waals surface area (Å²) < 4.78 is 8.09. The first-order valence-electron chi connectivity index (χ1n) is 9.01. The number of likely N-dealkylation sites (tertiary alicyclic amines) is 1. The molecule has 2 aliphatic heterocycles. The number of piperidine rings is 1. The number of fused-ring (bicyclic) bond motifs is 1. The van der Waals surface area contributed by atoms with Gasteiger partial charge in [0.1, 0.15) is 5.82 Å². The van der Waals surface area contributed by atoms with Crippen molar-refractivity contribution >= 4 is 16.9 Å². The summed E-state index contributed by atoms with van der Waals surface area (Å²) >= 11 is 0.